The quantitative estimate of drug-likeness (QED) is 0.161. The molecule has 256 valence electrons. The SMILES string of the molecule is CC1(C)C=CC=C2C=c3cc4c5ccccc5c5cc(-c6ccc(-c7ccc8ccc9c(-c%10ccccc%10)ccc%10ccc7c8c%109)cc6)ccc5c4cc3=C21. The number of hydrogen-bond acceptors (Lipinski definition) is 0. The molecule has 0 N–H and O–H groups in total. The fraction of sp³-hybridized carbons (Fsp3) is 0.0545. The summed E-state index contributed by atoms with van der Waals surface area (Å²) in [7, 11) is 0. The van der Waals surface area contributed by atoms with E-state index in [0.717, 1.165) is 0 Å². The van der Waals surface area contributed by atoms with Crippen LogP contribution in [0.5, 0.6) is 0 Å². The molecule has 10 aromatic rings. The molecule has 0 nitrogen and oxygen atoms in total. The number of benzene rings is 10. The van der Waals surface area contributed by atoms with E-state index >= 15 is 0 Å². The Hall–Kier alpha value is -6.76. The first kappa shape index (κ1) is 30.7. The zero-order valence-corrected chi connectivity index (χ0v) is 30.8. The zero-order valence-electron chi connectivity index (χ0n) is 30.8. The summed E-state index contributed by atoms with van der Waals surface area (Å²) in [4.78, 5) is 0. The maximum absolute atomic E-state index is 2.47. The van der Waals surface area contributed by atoms with Gasteiger partial charge in [0.25, 0.3) is 0 Å². The van der Waals surface area contributed by atoms with Crippen molar-refractivity contribution in [2.75, 3.05) is 0 Å². The van der Waals surface area contributed by atoms with Crippen LogP contribution in [0, 0.1) is 5.41 Å². The lowest BCUT2D eigenvalue weighted by molar-refractivity contribution is 0.644. The highest BCUT2D eigenvalue weighted by Gasteiger charge is 2.28. The van der Waals surface area contributed by atoms with E-state index in [1.807, 2.05) is 0 Å². The third kappa shape index (κ3) is 4.40. The molecular weight excluding hydrogens is 661 g/mol. The molecule has 55 heavy (non-hydrogen) atoms. The van der Waals surface area contributed by atoms with Gasteiger partial charge in [0.1, 0.15) is 0 Å². The topological polar surface area (TPSA) is 0 Å². The second kappa shape index (κ2) is 11.1. The number of allylic oxidation sites excluding steroid dienone is 4. The van der Waals surface area contributed by atoms with Gasteiger partial charge < -0.3 is 0 Å². The van der Waals surface area contributed by atoms with E-state index in [0.29, 0.717) is 0 Å². The molecule has 2 aliphatic carbocycles. The normalized spacial score (nSPS) is 14.7. The molecule has 0 saturated heterocycles. The van der Waals surface area contributed by atoms with E-state index in [4.69, 9.17) is 0 Å². The summed E-state index contributed by atoms with van der Waals surface area (Å²) in [5.41, 5.74) is 10.3. The third-order valence-electron chi connectivity index (χ3n) is 12.6. The van der Waals surface area contributed by atoms with E-state index in [9.17, 15) is 0 Å². The van der Waals surface area contributed by atoms with Crippen molar-refractivity contribution in [2.45, 2.75) is 13.8 Å². The number of fused-ring (bicyclic) bond motifs is 8. The number of rotatable bonds is 3. The van der Waals surface area contributed by atoms with Crippen molar-refractivity contribution in [3.8, 4) is 33.4 Å². The number of hydrogen-bond donors (Lipinski definition) is 0. The lowest BCUT2D eigenvalue weighted by Crippen LogP contribution is -2.27. The Kier molecular flexibility index (Phi) is 6.21. The van der Waals surface area contributed by atoms with Crippen molar-refractivity contribution in [3.63, 3.8) is 0 Å². The van der Waals surface area contributed by atoms with E-state index in [1.165, 1.54) is 120 Å². The highest BCUT2D eigenvalue weighted by atomic mass is 14.3. The Labute approximate surface area is 319 Å². The van der Waals surface area contributed by atoms with Crippen LogP contribution in [-0.2, 0) is 0 Å². The lowest BCUT2D eigenvalue weighted by Gasteiger charge is -2.26. The van der Waals surface area contributed by atoms with E-state index in [1.54, 1.807) is 0 Å². The van der Waals surface area contributed by atoms with Crippen LogP contribution < -0.4 is 10.4 Å². The predicted octanol–water partition coefficient (Wildman–Crippen LogP) is 13.5. The molecule has 12 rings (SSSR count). The second-order valence-corrected chi connectivity index (χ2v) is 16.1. The first-order valence-corrected chi connectivity index (χ1v) is 19.4. The molecule has 0 heteroatoms. The molecule has 0 amide bonds. The average molecular weight is 697 g/mol. The molecule has 0 aliphatic heterocycles. The van der Waals surface area contributed by atoms with Gasteiger partial charge in [0.15, 0.2) is 0 Å². The highest BCUT2D eigenvalue weighted by Crippen LogP contribution is 2.44. The first-order chi connectivity index (χ1) is 27.0. The summed E-state index contributed by atoms with van der Waals surface area (Å²) in [6.45, 7) is 4.67. The Morgan fingerprint density at radius 3 is 1.62 bits per heavy atom. The highest BCUT2D eigenvalue weighted by molar-refractivity contribution is 6.28. The molecule has 10 aromatic carbocycles. The standard InChI is InChI=1S/C55H36/c1-55(2)28-8-11-39-29-40-31-50-44-13-7-6-12-43(44)49-30-38(22-25-45(49)51(50)32-48(40)54(39)55)33-14-16-35(17-15-33)42-24-19-37-20-26-46-41(34-9-4-3-5-10-34)23-18-36-21-27-47(42)53(37)52(36)46/h3-32H,1-2H3. The van der Waals surface area contributed by atoms with Crippen LogP contribution in [-0.4, -0.2) is 0 Å². The molecule has 2 aliphatic rings. The Balaban J connectivity index is 0.999. The van der Waals surface area contributed by atoms with Gasteiger partial charge in [0, 0.05) is 5.41 Å². The van der Waals surface area contributed by atoms with Crippen LogP contribution >= 0.6 is 0 Å². The molecule has 0 spiro atoms. The lowest BCUT2D eigenvalue weighted by atomic mass is 9.77. The van der Waals surface area contributed by atoms with Crippen molar-refractivity contribution in [2.24, 2.45) is 5.41 Å². The van der Waals surface area contributed by atoms with Gasteiger partial charge in [-0.1, -0.05) is 172 Å². The third-order valence-corrected chi connectivity index (χ3v) is 12.6. The van der Waals surface area contributed by atoms with Crippen LogP contribution in [0.4, 0.5) is 0 Å². The minimum Gasteiger partial charge on any atom is -0.0744 e. The fourth-order valence-corrected chi connectivity index (χ4v) is 10.0. The van der Waals surface area contributed by atoms with Crippen molar-refractivity contribution in [3.05, 3.63) is 192 Å². The summed E-state index contributed by atoms with van der Waals surface area (Å²) in [5.74, 6) is 0. The van der Waals surface area contributed by atoms with Gasteiger partial charge in [-0.2, -0.15) is 0 Å². The monoisotopic (exact) mass is 696 g/mol. The molecule has 0 unspecified atom stereocenters. The van der Waals surface area contributed by atoms with Crippen LogP contribution in [0.3, 0.4) is 0 Å². The minimum atomic E-state index is -0.00497. The molecule has 0 heterocycles. The summed E-state index contributed by atoms with van der Waals surface area (Å²) >= 11 is 0. The predicted molar refractivity (Wildman–Crippen MR) is 237 cm³/mol. The molecule has 0 atom stereocenters. The minimum absolute atomic E-state index is 0.00497. The maximum Gasteiger partial charge on any atom is 0.00905 e. The first-order valence-electron chi connectivity index (χ1n) is 19.4. The maximum atomic E-state index is 2.47. The van der Waals surface area contributed by atoms with Crippen LogP contribution in [0.2, 0.25) is 0 Å². The average Bonchev–Trinajstić information content (AvgIpc) is 3.61. The molecular formula is C55H36. The van der Waals surface area contributed by atoms with Gasteiger partial charge in [0.2, 0.25) is 0 Å². The molecule has 0 aromatic heterocycles. The van der Waals surface area contributed by atoms with Crippen molar-refractivity contribution in [1.29, 1.82) is 0 Å². The summed E-state index contributed by atoms with van der Waals surface area (Å²) in [5, 5.41) is 18.4. The van der Waals surface area contributed by atoms with E-state index in [2.05, 4.69) is 196 Å². The van der Waals surface area contributed by atoms with Crippen LogP contribution in [0.15, 0.2) is 182 Å². The zero-order chi connectivity index (χ0) is 36.4. The largest absolute Gasteiger partial charge is 0.0744 e. The Morgan fingerprint density at radius 1 is 0.400 bits per heavy atom. The molecule has 0 bridgehead atoms. The smallest absolute Gasteiger partial charge is 0.00905 e. The van der Waals surface area contributed by atoms with E-state index < -0.39 is 0 Å². The van der Waals surface area contributed by atoms with Gasteiger partial charge in [-0.15, -0.1) is 0 Å². The molecule has 0 fully saturated rings. The van der Waals surface area contributed by atoms with Gasteiger partial charge >= 0.3 is 0 Å². The summed E-state index contributed by atoms with van der Waals surface area (Å²) < 4.78 is 0. The second-order valence-electron chi connectivity index (χ2n) is 16.1. The van der Waals surface area contributed by atoms with Crippen molar-refractivity contribution >= 4 is 76.3 Å². The molecule has 0 saturated carbocycles. The van der Waals surface area contributed by atoms with Crippen molar-refractivity contribution in [1.82, 2.24) is 0 Å². The summed E-state index contributed by atoms with van der Waals surface area (Å²) in [6.07, 6.45) is 9.20. The van der Waals surface area contributed by atoms with E-state index in [-0.39, 0.29) is 5.41 Å². The van der Waals surface area contributed by atoms with Crippen LogP contribution in [0.1, 0.15) is 13.8 Å². The fourth-order valence-electron chi connectivity index (χ4n) is 10.0. The van der Waals surface area contributed by atoms with Gasteiger partial charge in [-0.05, 0) is 144 Å². The Bertz CT molecular complexity index is 3460. The summed E-state index contributed by atoms with van der Waals surface area (Å²) in [6, 6.07) is 59.3. The van der Waals surface area contributed by atoms with Crippen LogP contribution in [0.25, 0.3) is 110 Å². The van der Waals surface area contributed by atoms with Gasteiger partial charge in [-0.3, -0.25) is 0 Å². The van der Waals surface area contributed by atoms with Crippen molar-refractivity contribution < 1.29 is 0 Å². The van der Waals surface area contributed by atoms with Gasteiger partial charge in [-0.25, -0.2) is 0 Å². The Morgan fingerprint density at radius 2 is 0.927 bits per heavy atom. The molecule has 0 radical (unpaired) electrons. The van der Waals surface area contributed by atoms with Gasteiger partial charge in [0.05, 0.1) is 0 Å².